The molecule has 0 saturated heterocycles. The van der Waals surface area contributed by atoms with Crippen LogP contribution in [-0.2, 0) is 0 Å². The molecule has 0 aliphatic heterocycles. The third kappa shape index (κ3) is 3.30. The van der Waals surface area contributed by atoms with Gasteiger partial charge in [0.15, 0.2) is 5.13 Å². The highest BCUT2D eigenvalue weighted by Crippen LogP contribution is 2.46. The van der Waals surface area contributed by atoms with Crippen LogP contribution in [0.1, 0.15) is 36.2 Å². The molecule has 1 aromatic carbocycles. The molecule has 2 N–H and O–H groups in total. The Labute approximate surface area is 167 Å². The number of thiazole rings is 1. The lowest BCUT2D eigenvalue weighted by atomic mass is 9.96. The SMILES string of the molecule is CNC(=O)c1cc(Oc2ccc3nc(NC4C[C@@H]5CC[C@H]4C5)sc3c2)ccn1. The van der Waals surface area contributed by atoms with Gasteiger partial charge in [0, 0.05) is 31.4 Å². The number of rotatable bonds is 5. The summed E-state index contributed by atoms with van der Waals surface area (Å²) in [5, 5.41) is 7.24. The van der Waals surface area contributed by atoms with E-state index in [9.17, 15) is 4.79 Å². The van der Waals surface area contributed by atoms with Crippen molar-refractivity contribution in [3.05, 3.63) is 42.2 Å². The minimum Gasteiger partial charge on any atom is -0.457 e. The van der Waals surface area contributed by atoms with Gasteiger partial charge in [0.05, 0.1) is 10.2 Å². The van der Waals surface area contributed by atoms with Crippen LogP contribution in [0.4, 0.5) is 5.13 Å². The third-order valence-electron chi connectivity index (χ3n) is 5.83. The zero-order valence-electron chi connectivity index (χ0n) is 15.6. The fourth-order valence-corrected chi connectivity index (χ4v) is 5.43. The van der Waals surface area contributed by atoms with Crippen molar-refractivity contribution >= 4 is 32.6 Å². The highest BCUT2D eigenvalue weighted by atomic mass is 32.1. The average molecular weight is 395 g/mol. The molecule has 2 bridgehead atoms. The molecule has 3 atom stereocenters. The number of hydrogen-bond acceptors (Lipinski definition) is 6. The van der Waals surface area contributed by atoms with Crippen LogP contribution < -0.4 is 15.4 Å². The van der Waals surface area contributed by atoms with E-state index in [1.807, 2.05) is 18.2 Å². The molecule has 7 heteroatoms. The average Bonchev–Trinajstić information content (AvgIpc) is 3.42. The van der Waals surface area contributed by atoms with Crippen molar-refractivity contribution in [3.63, 3.8) is 0 Å². The van der Waals surface area contributed by atoms with Gasteiger partial charge in [-0.15, -0.1) is 0 Å². The monoisotopic (exact) mass is 394 g/mol. The summed E-state index contributed by atoms with van der Waals surface area (Å²) >= 11 is 1.67. The number of benzene rings is 1. The Balaban J connectivity index is 1.33. The number of hydrogen-bond donors (Lipinski definition) is 2. The van der Waals surface area contributed by atoms with Gasteiger partial charge in [-0.05, 0) is 49.3 Å². The van der Waals surface area contributed by atoms with Crippen LogP contribution in [0.25, 0.3) is 10.2 Å². The van der Waals surface area contributed by atoms with Gasteiger partial charge in [-0.25, -0.2) is 4.98 Å². The fraction of sp³-hybridized carbons (Fsp3) is 0.381. The van der Waals surface area contributed by atoms with Crippen LogP contribution in [0.3, 0.4) is 0 Å². The quantitative estimate of drug-likeness (QED) is 0.669. The van der Waals surface area contributed by atoms with Crippen LogP contribution in [0.15, 0.2) is 36.5 Å². The highest BCUT2D eigenvalue weighted by molar-refractivity contribution is 7.22. The van der Waals surface area contributed by atoms with Crippen molar-refractivity contribution in [3.8, 4) is 11.5 Å². The van der Waals surface area contributed by atoms with Crippen LogP contribution >= 0.6 is 11.3 Å². The number of amides is 1. The minimum atomic E-state index is -0.236. The summed E-state index contributed by atoms with van der Waals surface area (Å²) in [6, 6.07) is 9.84. The maximum atomic E-state index is 11.7. The molecule has 2 aliphatic carbocycles. The number of nitrogens with zero attached hydrogens (tertiary/aromatic N) is 2. The Bertz CT molecular complexity index is 1030. The van der Waals surface area contributed by atoms with Gasteiger partial charge >= 0.3 is 0 Å². The second-order valence-corrected chi connectivity index (χ2v) is 8.66. The van der Waals surface area contributed by atoms with Gasteiger partial charge in [0.25, 0.3) is 5.91 Å². The summed E-state index contributed by atoms with van der Waals surface area (Å²) < 4.78 is 7.03. The predicted octanol–water partition coefficient (Wildman–Crippen LogP) is 4.44. The van der Waals surface area contributed by atoms with Crippen molar-refractivity contribution in [2.24, 2.45) is 11.8 Å². The molecule has 0 spiro atoms. The van der Waals surface area contributed by atoms with E-state index in [1.165, 1.54) is 25.7 Å². The lowest BCUT2D eigenvalue weighted by Gasteiger charge is -2.22. The minimum absolute atomic E-state index is 0.236. The van der Waals surface area contributed by atoms with Crippen molar-refractivity contribution < 1.29 is 9.53 Å². The summed E-state index contributed by atoms with van der Waals surface area (Å²) in [6.07, 6.45) is 6.99. The Morgan fingerprint density at radius 2 is 2.07 bits per heavy atom. The van der Waals surface area contributed by atoms with E-state index in [0.717, 1.165) is 32.9 Å². The van der Waals surface area contributed by atoms with E-state index in [4.69, 9.17) is 9.72 Å². The van der Waals surface area contributed by atoms with Gasteiger partial charge < -0.3 is 15.4 Å². The van der Waals surface area contributed by atoms with Crippen molar-refractivity contribution in [2.45, 2.75) is 31.7 Å². The summed E-state index contributed by atoms with van der Waals surface area (Å²) in [6.45, 7) is 0. The standard InChI is InChI=1S/C21H22N4O2S/c1-22-20(26)18-10-15(6-7-23-18)27-14-4-5-16-19(11-14)28-21(24-16)25-17-9-12-2-3-13(17)8-12/h4-7,10-13,17H,2-3,8-9H2,1H3,(H,22,26)(H,24,25)/t12-,13+,17?/m1/s1. The Morgan fingerprint density at radius 1 is 1.18 bits per heavy atom. The van der Waals surface area contributed by atoms with Crippen LogP contribution in [0, 0.1) is 11.8 Å². The van der Waals surface area contributed by atoms with E-state index in [2.05, 4.69) is 15.6 Å². The number of aromatic nitrogens is 2. The molecular weight excluding hydrogens is 372 g/mol. The Hall–Kier alpha value is -2.67. The van der Waals surface area contributed by atoms with Crippen molar-refractivity contribution in [1.29, 1.82) is 0 Å². The number of fused-ring (bicyclic) bond motifs is 3. The van der Waals surface area contributed by atoms with Gasteiger partial charge in [-0.1, -0.05) is 17.8 Å². The smallest absolute Gasteiger partial charge is 0.269 e. The molecule has 0 radical (unpaired) electrons. The fourth-order valence-electron chi connectivity index (χ4n) is 4.47. The van der Waals surface area contributed by atoms with Gasteiger partial charge in [0.1, 0.15) is 17.2 Å². The zero-order valence-corrected chi connectivity index (χ0v) is 16.5. The second kappa shape index (κ2) is 7.05. The molecule has 1 unspecified atom stereocenters. The van der Waals surface area contributed by atoms with Gasteiger partial charge in [-0.2, -0.15) is 0 Å². The topological polar surface area (TPSA) is 76.1 Å². The normalized spacial score (nSPS) is 23.1. The lowest BCUT2D eigenvalue weighted by Crippen LogP contribution is -2.25. The molecule has 2 saturated carbocycles. The first kappa shape index (κ1) is 17.4. The molecule has 3 aromatic rings. The van der Waals surface area contributed by atoms with E-state index in [1.54, 1.807) is 36.7 Å². The Kier molecular flexibility index (Phi) is 4.39. The largest absolute Gasteiger partial charge is 0.457 e. The van der Waals surface area contributed by atoms with Gasteiger partial charge in [-0.3, -0.25) is 9.78 Å². The summed E-state index contributed by atoms with van der Waals surface area (Å²) in [7, 11) is 1.58. The highest BCUT2D eigenvalue weighted by Gasteiger charge is 2.39. The number of ether oxygens (including phenoxy) is 1. The Morgan fingerprint density at radius 3 is 2.86 bits per heavy atom. The van der Waals surface area contributed by atoms with E-state index < -0.39 is 0 Å². The first-order valence-electron chi connectivity index (χ1n) is 9.71. The molecule has 1 amide bonds. The number of nitrogens with one attached hydrogen (secondary N) is 2. The number of pyridine rings is 1. The van der Waals surface area contributed by atoms with E-state index in [-0.39, 0.29) is 5.91 Å². The number of carbonyl (C=O) groups is 1. The molecule has 6 nitrogen and oxygen atoms in total. The summed E-state index contributed by atoms with van der Waals surface area (Å²) in [5.41, 5.74) is 1.31. The molecule has 5 rings (SSSR count). The second-order valence-electron chi connectivity index (χ2n) is 7.63. The lowest BCUT2D eigenvalue weighted by molar-refractivity contribution is 0.0958. The predicted molar refractivity (Wildman–Crippen MR) is 110 cm³/mol. The number of carbonyl (C=O) groups excluding carboxylic acids is 1. The van der Waals surface area contributed by atoms with E-state index >= 15 is 0 Å². The first-order valence-corrected chi connectivity index (χ1v) is 10.5. The molecule has 2 heterocycles. The molecule has 2 fully saturated rings. The maximum absolute atomic E-state index is 11.7. The zero-order chi connectivity index (χ0) is 19.1. The van der Waals surface area contributed by atoms with Crippen LogP contribution in [0.5, 0.6) is 11.5 Å². The summed E-state index contributed by atoms with van der Waals surface area (Å²) in [5.74, 6) is 2.79. The first-order chi connectivity index (χ1) is 13.7. The molecular formula is C21H22N4O2S. The summed E-state index contributed by atoms with van der Waals surface area (Å²) in [4.78, 5) is 20.5. The van der Waals surface area contributed by atoms with E-state index in [0.29, 0.717) is 17.5 Å². The maximum Gasteiger partial charge on any atom is 0.269 e. The van der Waals surface area contributed by atoms with Crippen LogP contribution in [-0.4, -0.2) is 29.0 Å². The van der Waals surface area contributed by atoms with Crippen LogP contribution in [0.2, 0.25) is 0 Å². The number of anilines is 1. The molecule has 28 heavy (non-hydrogen) atoms. The molecule has 144 valence electrons. The molecule has 2 aliphatic rings. The third-order valence-corrected chi connectivity index (χ3v) is 6.78. The van der Waals surface area contributed by atoms with Crippen molar-refractivity contribution in [2.75, 3.05) is 12.4 Å². The van der Waals surface area contributed by atoms with Gasteiger partial charge in [0.2, 0.25) is 0 Å². The molecule has 2 aromatic heterocycles. The van der Waals surface area contributed by atoms with Crippen molar-refractivity contribution in [1.82, 2.24) is 15.3 Å².